The van der Waals surface area contributed by atoms with E-state index in [9.17, 15) is 65.1 Å². The van der Waals surface area contributed by atoms with Gasteiger partial charge in [-0.25, -0.2) is 0 Å². The van der Waals surface area contributed by atoms with Crippen LogP contribution >= 0.6 is 0 Å². The fourth-order valence-corrected chi connectivity index (χ4v) is 7.67. The number of rotatable bonds is 35. The first-order valence-electron chi connectivity index (χ1n) is 24.0. The second-order valence-corrected chi connectivity index (χ2v) is 18.0. The molecule has 3 aliphatic rings. The zero-order valence-corrected chi connectivity index (χ0v) is 40.8. The van der Waals surface area contributed by atoms with Crippen LogP contribution in [0.3, 0.4) is 0 Å². The quantitative estimate of drug-likeness (QED) is 0.0263. The van der Waals surface area contributed by atoms with Crippen molar-refractivity contribution >= 4 is 23.6 Å². The summed E-state index contributed by atoms with van der Waals surface area (Å²) in [6.45, 7) is 3.13. The van der Waals surface area contributed by atoms with Crippen molar-refractivity contribution in [3.05, 3.63) is 0 Å². The summed E-state index contributed by atoms with van der Waals surface area (Å²) in [5.41, 5.74) is 4.20. The molecule has 27 heteroatoms. The van der Waals surface area contributed by atoms with E-state index in [2.05, 4.69) is 16.0 Å². The molecule has 1 unspecified atom stereocenters. The molecule has 3 rings (SSSR count). The summed E-state index contributed by atoms with van der Waals surface area (Å²) in [5, 5.41) is 97.2. The molecule has 0 aliphatic carbocycles. The van der Waals surface area contributed by atoms with E-state index in [1.807, 2.05) is 13.8 Å². The number of amides is 4. The molecule has 3 saturated heterocycles. The van der Waals surface area contributed by atoms with Gasteiger partial charge in [0.05, 0.1) is 110 Å². The molecule has 3 aliphatic heterocycles. The number of aliphatic hydroxyl groups is 9. The molecule has 0 bridgehead atoms. The molecule has 0 radical (unpaired) electrons. The summed E-state index contributed by atoms with van der Waals surface area (Å²) in [4.78, 5) is 49.6. The van der Waals surface area contributed by atoms with Crippen LogP contribution in [0.15, 0.2) is 0 Å². The standard InChI is InChI=1S/C44H80N4O23/c1-25-26(2)41(69-28(18-49)35(25)56)66-15-8-46-32(53)5-12-63-22-44(21-62-11-4-31(45)52,23-64-13-6-33(54)47-9-16-67-42-27(3)36(57)37(58)29(19-50)70-42)24-65-14-7-34(55)48-10-17-68-43-40(61)39(60)38(59)30(20-51)71-43/h25-30,35-43,49-51,56-61H,4-24H2,1-3H3,(H2,45,52)(H,46,53)(H,47,54)(H,48,55)/t25-,26+,27+,28-,29-,30-,35+,36-,37-,38-,39+,40+,41+,42+,43+,44?/m1/s1. The molecule has 27 nitrogen and oxygen atoms in total. The van der Waals surface area contributed by atoms with Gasteiger partial charge >= 0.3 is 0 Å². The Kier molecular flexibility index (Phi) is 29.1. The Morgan fingerprint density at radius 1 is 0.451 bits per heavy atom. The van der Waals surface area contributed by atoms with E-state index in [1.54, 1.807) is 6.92 Å². The van der Waals surface area contributed by atoms with Gasteiger partial charge in [-0.3, -0.25) is 19.2 Å². The first kappa shape index (κ1) is 62.4. The number of ether oxygens (including phenoxy) is 10. The van der Waals surface area contributed by atoms with Crippen molar-refractivity contribution in [2.24, 2.45) is 28.9 Å². The average Bonchev–Trinajstić information content (AvgIpc) is 3.35. The fourth-order valence-electron chi connectivity index (χ4n) is 7.67. The maximum absolute atomic E-state index is 12.7. The third kappa shape index (κ3) is 21.1. The van der Waals surface area contributed by atoms with Crippen molar-refractivity contribution in [1.29, 1.82) is 0 Å². The predicted molar refractivity (Wildman–Crippen MR) is 241 cm³/mol. The number of nitrogens with one attached hydrogen (secondary N) is 3. The molecule has 0 aromatic carbocycles. The molecule has 3 heterocycles. The molecule has 0 aromatic rings. The van der Waals surface area contributed by atoms with Crippen LogP contribution in [0.25, 0.3) is 0 Å². The fraction of sp³-hybridized carbons (Fsp3) is 0.909. The van der Waals surface area contributed by atoms with E-state index < -0.39 is 116 Å². The molecular formula is C44H80N4O23. The Labute approximate surface area is 412 Å². The molecule has 16 atom stereocenters. The second-order valence-electron chi connectivity index (χ2n) is 18.0. The molecule has 0 spiro atoms. The van der Waals surface area contributed by atoms with Crippen molar-refractivity contribution in [3.8, 4) is 0 Å². The molecule has 414 valence electrons. The van der Waals surface area contributed by atoms with E-state index in [1.165, 1.54) is 0 Å². The van der Waals surface area contributed by atoms with Gasteiger partial charge in [0, 0.05) is 57.2 Å². The SMILES string of the molecule is C[C@@H]1[C@@H](OCCNC(=O)CCOCC(COCCC(N)=O)(COCCC(=O)NCCO[C@H]2O[C@H](CO)[C@@H](O)[C@H](O)[C@@H]2C)COCCC(=O)NCCO[C@H]2O[C@H](CO)[C@@H](O)[C@H](O)[C@@H]2O)O[C@H](CO)[C@@H](O)[C@@H]1C. The molecule has 0 aromatic heterocycles. The summed E-state index contributed by atoms with van der Waals surface area (Å²) in [5.74, 6) is -2.77. The monoisotopic (exact) mass is 1030 g/mol. The highest BCUT2D eigenvalue weighted by Gasteiger charge is 2.45. The normalized spacial score (nSPS) is 31.9. The van der Waals surface area contributed by atoms with Gasteiger partial charge < -0.3 is 115 Å². The highest BCUT2D eigenvalue weighted by Crippen LogP contribution is 2.31. The molecule has 14 N–H and O–H groups in total. The van der Waals surface area contributed by atoms with Gasteiger partial charge in [0.15, 0.2) is 18.9 Å². The minimum absolute atomic E-state index is 0.00559. The van der Waals surface area contributed by atoms with Crippen LogP contribution in [0.1, 0.15) is 46.5 Å². The van der Waals surface area contributed by atoms with Crippen LogP contribution in [0.5, 0.6) is 0 Å². The van der Waals surface area contributed by atoms with Gasteiger partial charge in [0.2, 0.25) is 23.6 Å². The first-order valence-corrected chi connectivity index (χ1v) is 24.0. The maximum atomic E-state index is 12.7. The molecule has 3 fully saturated rings. The summed E-state index contributed by atoms with van der Waals surface area (Å²) in [6, 6.07) is 0. The van der Waals surface area contributed by atoms with Crippen molar-refractivity contribution in [2.45, 2.75) is 120 Å². The minimum atomic E-state index is -1.62. The van der Waals surface area contributed by atoms with Gasteiger partial charge in [-0.2, -0.15) is 0 Å². The van der Waals surface area contributed by atoms with E-state index >= 15 is 0 Å². The second kappa shape index (κ2) is 33.1. The zero-order valence-electron chi connectivity index (χ0n) is 40.8. The number of carbonyl (C=O) groups excluding carboxylic acids is 4. The lowest BCUT2D eigenvalue weighted by molar-refractivity contribution is -0.300. The van der Waals surface area contributed by atoms with Gasteiger partial charge in [-0.15, -0.1) is 0 Å². The lowest BCUT2D eigenvalue weighted by atomic mass is 9.85. The molecular weight excluding hydrogens is 952 g/mol. The van der Waals surface area contributed by atoms with Crippen LogP contribution in [0, 0.1) is 23.2 Å². The Morgan fingerprint density at radius 2 is 0.803 bits per heavy atom. The average molecular weight is 1030 g/mol. The minimum Gasteiger partial charge on any atom is -0.394 e. The van der Waals surface area contributed by atoms with Crippen molar-refractivity contribution in [2.75, 3.05) is 112 Å². The molecule has 4 amide bonds. The highest BCUT2D eigenvalue weighted by molar-refractivity contribution is 5.76. The zero-order chi connectivity index (χ0) is 52.5. The molecule has 71 heavy (non-hydrogen) atoms. The Hall–Kier alpha value is -2.88. The third-order valence-corrected chi connectivity index (χ3v) is 12.4. The number of aliphatic hydroxyl groups excluding tert-OH is 9. The number of hydrogen-bond donors (Lipinski definition) is 13. The predicted octanol–water partition coefficient (Wildman–Crippen LogP) is -6.29. The van der Waals surface area contributed by atoms with E-state index in [0.717, 1.165) is 0 Å². The number of nitrogens with two attached hydrogens (primary N) is 1. The van der Waals surface area contributed by atoms with Crippen LogP contribution < -0.4 is 21.7 Å². The lowest BCUT2D eigenvalue weighted by Crippen LogP contribution is -2.59. The smallest absolute Gasteiger partial charge is 0.222 e. The number of carbonyl (C=O) groups is 4. The number of primary amides is 1. The van der Waals surface area contributed by atoms with Crippen molar-refractivity contribution in [1.82, 2.24) is 16.0 Å². The Balaban J connectivity index is 1.53. The van der Waals surface area contributed by atoms with Gasteiger partial charge in [-0.05, 0) is 5.92 Å². The van der Waals surface area contributed by atoms with Crippen molar-refractivity contribution in [3.63, 3.8) is 0 Å². The van der Waals surface area contributed by atoms with E-state index in [4.69, 9.17) is 53.1 Å². The molecule has 0 saturated carbocycles. The largest absolute Gasteiger partial charge is 0.394 e. The van der Waals surface area contributed by atoms with Gasteiger partial charge in [0.1, 0.15) is 42.7 Å². The highest BCUT2D eigenvalue weighted by atomic mass is 16.7. The Bertz CT molecular complexity index is 1380. The van der Waals surface area contributed by atoms with Crippen LogP contribution in [0.2, 0.25) is 0 Å². The summed E-state index contributed by atoms with van der Waals surface area (Å²) in [7, 11) is 0. The lowest BCUT2D eigenvalue weighted by Gasteiger charge is -2.41. The van der Waals surface area contributed by atoms with Crippen molar-refractivity contribution < 1.29 is 113 Å². The van der Waals surface area contributed by atoms with Crippen LogP contribution in [-0.4, -0.2) is 256 Å². The van der Waals surface area contributed by atoms with Gasteiger partial charge in [0.25, 0.3) is 0 Å². The Morgan fingerprint density at radius 3 is 1.21 bits per heavy atom. The third-order valence-electron chi connectivity index (χ3n) is 12.4. The number of hydrogen-bond acceptors (Lipinski definition) is 23. The van der Waals surface area contributed by atoms with E-state index in [-0.39, 0.29) is 142 Å². The maximum Gasteiger partial charge on any atom is 0.222 e. The topological polar surface area (TPSA) is 405 Å². The summed E-state index contributed by atoms with van der Waals surface area (Å²) < 4.78 is 57.0. The summed E-state index contributed by atoms with van der Waals surface area (Å²) >= 11 is 0. The van der Waals surface area contributed by atoms with E-state index in [0.29, 0.717) is 0 Å². The summed E-state index contributed by atoms with van der Waals surface area (Å²) in [6.07, 6.45) is -14.4. The van der Waals surface area contributed by atoms with Crippen LogP contribution in [0.4, 0.5) is 0 Å². The first-order chi connectivity index (χ1) is 33.9. The van der Waals surface area contributed by atoms with Crippen LogP contribution in [-0.2, 0) is 66.5 Å². The van der Waals surface area contributed by atoms with Gasteiger partial charge in [-0.1, -0.05) is 20.8 Å².